The van der Waals surface area contributed by atoms with E-state index in [9.17, 15) is 4.79 Å². The van der Waals surface area contributed by atoms with E-state index in [0.29, 0.717) is 12.6 Å². The first kappa shape index (κ1) is 15.2. The number of carbonyl (C=O) groups excluding carboxylic acids is 1. The number of nitrogens with zero attached hydrogens (tertiary/aromatic N) is 3. The van der Waals surface area contributed by atoms with Crippen LogP contribution in [0.2, 0.25) is 0 Å². The molecule has 0 radical (unpaired) electrons. The summed E-state index contributed by atoms with van der Waals surface area (Å²) in [7, 11) is 0. The largest absolute Gasteiger partial charge is 0.450 e. The van der Waals surface area contributed by atoms with E-state index in [1.165, 1.54) is 10.3 Å². The fourth-order valence-electron chi connectivity index (χ4n) is 2.81. The standard InChI is InChI=1S/C16H21N3O2S/c1-3-21-16(20)19-7-5-18(6-8-19)12(2)13-10-15-14(17-11-13)4-9-22-15/h4,9-12H,3,5-8H2,1-2H3. The molecule has 2 aromatic heterocycles. The highest BCUT2D eigenvalue weighted by Gasteiger charge is 2.25. The molecule has 0 aliphatic carbocycles. The molecule has 1 unspecified atom stereocenters. The Balaban J connectivity index is 1.64. The summed E-state index contributed by atoms with van der Waals surface area (Å²) in [6.45, 7) is 7.64. The second kappa shape index (κ2) is 6.62. The summed E-state index contributed by atoms with van der Waals surface area (Å²) in [4.78, 5) is 20.4. The summed E-state index contributed by atoms with van der Waals surface area (Å²) in [5, 5.41) is 2.07. The molecular weight excluding hydrogens is 298 g/mol. The summed E-state index contributed by atoms with van der Waals surface area (Å²) < 4.78 is 6.29. The van der Waals surface area contributed by atoms with Gasteiger partial charge in [0.05, 0.1) is 16.8 Å². The summed E-state index contributed by atoms with van der Waals surface area (Å²) in [6, 6.07) is 4.59. The average Bonchev–Trinajstić information content (AvgIpc) is 3.02. The SMILES string of the molecule is CCOC(=O)N1CCN(C(C)c2cnc3ccsc3c2)CC1. The molecule has 1 aliphatic rings. The first-order valence-electron chi connectivity index (χ1n) is 7.68. The molecule has 1 saturated heterocycles. The number of hydrogen-bond donors (Lipinski definition) is 0. The lowest BCUT2D eigenvalue weighted by molar-refractivity contribution is 0.0686. The number of carbonyl (C=O) groups is 1. The molecular formula is C16H21N3O2S. The van der Waals surface area contributed by atoms with Crippen LogP contribution in [0.5, 0.6) is 0 Å². The molecule has 22 heavy (non-hydrogen) atoms. The maximum atomic E-state index is 11.7. The van der Waals surface area contributed by atoms with Crippen molar-refractivity contribution in [2.45, 2.75) is 19.9 Å². The van der Waals surface area contributed by atoms with Crippen LogP contribution in [0.15, 0.2) is 23.7 Å². The fraction of sp³-hybridized carbons (Fsp3) is 0.500. The van der Waals surface area contributed by atoms with E-state index in [0.717, 1.165) is 31.7 Å². The van der Waals surface area contributed by atoms with Crippen molar-refractivity contribution in [1.82, 2.24) is 14.8 Å². The molecule has 1 amide bonds. The highest BCUT2D eigenvalue weighted by atomic mass is 32.1. The first-order valence-corrected chi connectivity index (χ1v) is 8.56. The number of ether oxygens (including phenoxy) is 1. The molecule has 0 saturated carbocycles. The third-order valence-corrected chi connectivity index (χ3v) is 5.05. The normalized spacial score (nSPS) is 17.6. The Kier molecular flexibility index (Phi) is 4.59. The van der Waals surface area contributed by atoms with Crippen molar-refractivity contribution in [1.29, 1.82) is 0 Å². The van der Waals surface area contributed by atoms with Gasteiger partial charge in [-0.3, -0.25) is 9.88 Å². The van der Waals surface area contributed by atoms with E-state index in [2.05, 4.69) is 28.3 Å². The lowest BCUT2D eigenvalue weighted by atomic mass is 10.1. The van der Waals surface area contributed by atoms with Crippen molar-refractivity contribution in [3.63, 3.8) is 0 Å². The van der Waals surface area contributed by atoms with Crippen LogP contribution in [-0.2, 0) is 4.74 Å². The number of amides is 1. The van der Waals surface area contributed by atoms with Crippen LogP contribution >= 0.6 is 11.3 Å². The van der Waals surface area contributed by atoms with E-state index in [1.807, 2.05) is 19.2 Å². The Morgan fingerprint density at radius 3 is 2.91 bits per heavy atom. The van der Waals surface area contributed by atoms with Gasteiger partial charge in [0.25, 0.3) is 0 Å². The fourth-order valence-corrected chi connectivity index (χ4v) is 3.60. The Bertz CT molecular complexity index is 650. The van der Waals surface area contributed by atoms with Crippen molar-refractivity contribution in [2.24, 2.45) is 0 Å². The zero-order valence-corrected chi connectivity index (χ0v) is 13.8. The molecule has 1 aliphatic heterocycles. The third-order valence-electron chi connectivity index (χ3n) is 4.19. The number of rotatable bonds is 3. The van der Waals surface area contributed by atoms with Gasteiger partial charge in [0.2, 0.25) is 0 Å². The monoisotopic (exact) mass is 319 g/mol. The van der Waals surface area contributed by atoms with Gasteiger partial charge >= 0.3 is 6.09 Å². The van der Waals surface area contributed by atoms with Gasteiger partial charge in [0.1, 0.15) is 0 Å². The predicted octanol–water partition coefficient (Wildman–Crippen LogP) is 3.13. The number of aromatic nitrogens is 1. The van der Waals surface area contributed by atoms with Crippen molar-refractivity contribution in [3.8, 4) is 0 Å². The van der Waals surface area contributed by atoms with Crippen molar-refractivity contribution in [2.75, 3.05) is 32.8 Å². The molecule has 0 N–H and O–H groups in total. The molecule has 0 bridgehead atoms. The molecule has 0 aromatic carbocycles. The molecule has 5 nitrogen and oxygen atoms in total. The molecule has 1 atom stereocenters. The zero-order valence-electron chi connectivity index (χ0n) is 13.0. The van der Waals surface area contributed by atoms with Crippen LogP contribution in [0.4, 0.5) is 4.79 Å². The Hall–Kier alpha value is -1.66. The van der Waals surface area contributed by atoms with Gasteiger partial charge in [-0.2, -0.15) is 0 Å². The zero-order chi connectivity index (χ0) is 15.5. The van der Waals surface area contributed by atoms with Crippen molar-refractivity contribution >= 4 is 27.6 Å². The number of pyridine rings is 1. The second-order valence-electron chi connectivity index (χ2n) is 5.47. The van der Waals surface area contributed by atoms with Gasteiger partial charge in [-0.25, -0.2) is 4.79 Å². The summed E-state index contributed by atoms with van der Waals surface area (Å²) in [5.74, 6) is 0. The molecule has 1 fully saturated rings. The van der Waals surface area contributed by atoms with Gasteiger partial charge in [0, 0.05) is 38.4 Å². The minimum Gasteiger partial charge on any atom is -0.450 e. The van der Waals surface area contributed by atoms with E-state index < -0.39 is 0 Å². The highest BCUT2D eigenvalue weighted by molar-refractivity contribution is 7.17. The van der Waals surface area contributed by atoms with Crippen LogP contribution in [0.3, 0.4) is 0 Å². The van der Waals surface area contributed by atoms with Gasteiger partial charge in [-0.1, -0.05) is 0 Å². The lowest BCUT2D eigenvalue weighted by Gasteiger charge is -2.37. The Morgan fingerprint density at radius 2 is 2.18 bits per heavy atom. The predicted molar refractivity (Wildman–Crippen MR) is 88.2 cm³/mol. The summed E-state index contributed by atoms with van der Waals surface area (Å²) >= 11 is 1.72. The minimum absolute atomic E-state index is 0.198. The molecule has 118 valence electrons. The van der Waals surface area contributed by atoms with Crippen LogP contribution in [-0.4, -0.2) is 53.7 Å². The smallest absolute Gasteiger partial charge is 0.409 e. The summed E-state index contributed by atoms with van der Waals surface area (Å²) in [6.07, 6.45) is 1.77. The first-order chi connectivity index (χ1) is 10.7. The topological polar surface area (TPSA) is 45.7 Å². The number of hydrogen-bond acceptors (Lipinski definition) is 5. The van der Waals surface area contributed by atoms with Crippen molar-refractivity contribution < 1.29 is 9.53 Å². The van der Waals surface area contributed by atoms with Gasteiger partial charge < -0.3 is 9.64 Å². The maximum Gasteiger partial charge on any atom is 0.409 e. The molecule has 2 aromatic rings. The highest BCUT2D eigenvalue weighted by Crippen LogP contribution is 2.26. The molecule has 3 heterocycles. The molecule has 6 heteroatoms. The van der Waals surface area contributed by atoms with Gasteiger partial charge in [0.15, 0.2) is 0 Å². The van der Waals surface area contributed by atoms with Crippen LogP contribution in [0, 0.1) is 0 Å². The summed E-state index contributed by atoms with van der Waals surface area (Å²) in [5.41, 5.74) is 2.30. The van der Waals surface area contributed by atoms with Crippen LogP contribution in [0.1, 0.15) is 25.5 Å². The Morgan fingerprint density at radius 1 is 1.41 bits per heavy atom. The van der Waals surface area contributed by atoms with E-state index in [1.54, 1.807) is 16.2 Å². The minimum atomic E-state index is -0.198. The van der Waals surface area contributed by atoms with Crippen LogP contribution in [0.25, 0.3) is 10.2 Å². The van der Waals surface area contributed by atoms with E-state index >= 15 is 0 Å². The maximum absolute atomic E-state index is 11.7. The Labute approximate surface area is 134 Å². The van der Waals surface area contributed by atoms with Gasteiger partial charge in [-0.15, -0.1) is 11.3 Å². The second-order valence-corrected chi connectivity index (χ2v) is 6.42. The molecule has 3 rings (SSSR count). The average molecular weight is 319 g/mol. The number of fused-ring (bicyclic) bond motifs is 1. The molecule has 0 spiro atoms. The third kappa shape index (κ3) is 3.08. The van der Waals surface area contributed by atoms with E-state index in [-0.39, 0.29) is 6.09 Å². The number of thiophene rings is 1. The van der Waals surface area contributed by atoms with Crippen molar-refractivity contribution in [3.05, 3.63) is 29.3 Å². The lowest BCUT2D eigenvalue weighted by Crippen LogP contribution is -2.49. The van der Waals surface area contributed by atoms with Gasteiger partial charge in [-0.05, 0) is 36.9 Å². The van der Waals surface area contributed by atoms with Crippen LogP contribution < -0.4 is 0 Å². The van der Waals surface area contributed by atoms with E-state index in [4.69, 9.17) is 4.74 Å². The quantitative estimate of drug-likeness (QED) is 0.872. The number of piperazine rings is 1.